The lowest BCUT2D eigenvalue weighted by molar-refractivity contribution is -0.136. The third-order valence-corrected chi connectivity index (χ3v) is 3.89. The zero-order chi connectivity index (χ0) is 12.3. The number of hydrogen-bond donors (Lipinski definition) is 0. The van der Waals surface area contributed by atoms with Crippen molar-refractivity contribution in [2.75, 3.05) is 6.54 Å². The summed E-state index contributed by atoms with van der Waals surface area (Å²) in [6, 6.07) is 0.448. The Morgan fingerprint density at radius 3 is 2.24 bits per heavy atom. The fourth-order valence-corrected chi connectivity index (χ4v) is 2.80. The normalized spacial score (nSPS) is 21.2. The molecule has 0 saturated heterocycles. The molecular formula is C14H23NO2. The summed E-state index contributed by atoms with van der Waals surface area (Å²) in [7, 11) is 0. The van der Waals surface area contributed by atoms with Crippen LogP contribution in [0.25, 0.3) is 0 Å². The van der Waals surface area contributed by atoms with E-state index in [1.165, 1.54) is 39.0 Å². The molecule has 3 heteroatoms. The zero-order valence-electron chi connectivity index (χ0n) is 10.8. The molecule has 2 rings (SSSR count). The van der Waals surface area contributed by atoms with E-state index in [4.69, 9.17) is 0 Å². The van der Waals surface area contributed by atoms with Gasteiger partial charge in [-0.25, -0.2) is 0 Å². The SMILES string of the molecule is CC(=O)CC(=O)N(CC1CCCCC1)C1CC1. The molecule has 0 radical (unpaired) electrons. The van der Waals surface area contributed by atoms with Crippen molar-refractivity contribution >= 4 is 11.7 Å². The summed E-state index contributed by atoms with van der Waals surface area (Å²) >= 11 is 0. The standard InChI is InChI=1S/C14H23NO2/c1-11(16)9-14(17)15(13-7-8-13)10-12-5-3-2-4-6-12/h12-13H,2-10H2,1H3. The second kappa shape index (κ2) is 5.65. The number of carbonyl (C=O) groups is 2. The molecule has 1 amide bonds. The first kappa shape index (κ1) is 12.6. The smallest absolute Gasteiger partial charge is 0.230 e. The van der Waals surface area contributed by atoms with Gasteiger partial charge in [-0.2, -0.15) is 0 Å². The van der Waals surface area contributed by atoms with E-state index in [-0.39, 0.29) is 18.1 Å². The van der Waals surface area contributed by atoms with Crippen LogP contribution in [0.15, 0.2) is 0 Å². The first-order valence-electron chi connectivity index (χ1n) is 6.95. The van der Waals surface area contributed by atoms with Crippen LogP contribution in [0.5, 0.6) is 0 Å². The van der Waals surface area contributed by atoms with Crippen molar-refractivity contribution in [1.29, 1.82) is 0 Å². The molecule has 0 aromatic carbocycles. The highest BCUT2D eigenvalue weighted by Gasteiger charge is 2.34. The Labute approximate surface area is 104 Å². The first-order chi connectivity index (χ1) is 8.16. The Morgan fingerprint density at radius 1 is 1.06 bits per heavy atom. The van der Waals surface area contributed by atoms with Gasteiger partial charge in [0.05, 0.1) is 6.42 Å². The minimum absolute atomic E-state index is 0.00991. The van der Waals surface area contributed by atoms with Crippen molar-refractivity contribution in [3.63, 3.8) is 0 Å². The molecule has 2 saturated carbocycles. The van der Waals surface area contributed by atoms with Gasteiger partial charge in [-0.15, -0.1) is 0 Å². The Morgan fingerprint density at radius 2 is 1.71 bits per heavy atom. The van der Waals surface area contributed by atoms with Crippen LogP contribution >= 0.6 is 0 Å². The lowest BCUT2D eigenvalue weighted by Crippen LogP contribution is -2.38. The van der Waals surface area contributed by atoms with Gasteiger partial charge in [-0.05, 0) is 38.5 Å². The van der Waals surface area contributed by atoms with Crippen LogP contribution in [0.4, 0.5) is 0 Å². The van der Waals surface area contributed by atoms with E-state index in [9.17, 15) is 9.59 Å². The summed E-state index contributed by atoms with van der Waals surface area (Å²) < 4.78 is 0. The molecule has 0 heterocycles. The number of rotatable bonds is 5. The zero-order valence-corrected chi connectivity index (χ0v) is 10.8. The maximum Gasteiger partial charge on any atom is 0.230 e. The highest BCUT2D eigenvalue weighted by atomic mass is 16.2. The fourth-order valence-electron chi connectivity index (χ4n) is 2.80. The molecule has 0 atom stereocenters. The summed E-state index contributed by atoms with van der Waals surface area (Å²) in [6.45, 7) is 2.40. The van der Waals surface area contributed by atoms with E-state index in [0.29, 0.717) is 12.0 Å². The molecule has 17 heavy (non-hydrogen) atoms. The average molecular weight is 237 g/mol. The van der Waals surface area contributed by atoms with Crippen molar-refractivity contribution in [3.8, 4) is 0 Å². The fraction of sp³-hybridized carbons (Fsp3) is 0.857. The number of carbonyl (C=O) groups excluding carboxylic acids is 2. The van der Waals surface area contributed by atoms with Crippen molar-refractivity contribution in [1.82, 2.24) is 4.90 Å². The highest BCUT2D eigenvalue weighted by Crippen LogP contribution is 2.31. The second-order valence-electron chi connectivity index (χ2n) is 5.66. The summed E-state index contributed by atoms with van der Waals surface area (Å²) in [5.74, 6) is 0.732. The number of Topliss-reactive ketones (excluding diaryl/α,β-unsaturated/α-hetero) is 1. The summed E-state index contributed by atoms with van der Waals surface area (Å²) in [5, 5.41) is 0. The van der Waals surface area contributed by atoms with Gasteiger partial charge in [0.25, 0.3) is 0 Å². The van der Waals surface area contributed by atoms with E-state index in [1.807, 2.05) is 4.90 Å². The molecular weight excluding hydrogens is 214 g/mol. The molecule has 0 N–H and O–H groups in total. The van der Waals surface area contributed by atoms with Crippen LogP contribution in [-0.4, -0.2) is 29.2 Å². The van der Waals surface area contributed by atoms with E-state index in [1.54, 1.807) is 0 Å². The molecule has 2 aliphatic rings. The van der Waals surface area contributed by atoms with Crippen molar-refractivity contribution in [3.05, 3.63) is 0 Å². The van der Waals surface area contributed by atoms with Crippen LogP contribution in [0.3, 0.4) is 0 Å². The molecule has 0 aromatic heterocycles. The van der Waals surface area contributed by atoms with Gasteiger partial charge in [-0.1, -0.05) is 19.3 Å². The molecule has 3 nitrogen and oxygen atoms in total. The predicted octanol–water partition coefficient (Wildman–Crippen LogP) is 2.54. The lowest BCUT2D eigenvalue weighted by atomic mass is 9.89. The Kier molecular flexibility index (Phi) is 4.19. The van der Waals surface area contributed by atoms with Gasteiger partial charge in [0.15, 0.2) is 0 Å². The number of amides is 1. The van der Waals surface area contributed by atoms with E-state index in [2.05, 4.69) is 0 Å². The minimum atomic E-state index is -0.00991. The van der Waals surface area contributed by atoms with Crippen molar-refractivity contribution in [2.24, 2.45) is 5.92 Å². The van der Waals surface area contributed by atoms with Gasteiger partial charge in [-0.3, -0.25) is 9.59 Å². The average Bonchev–Trinajstić information content (AvgIpc) is 3.10. The van der Waals surface area contributed by atoms with Crippen molar-refractivity contribution < 1.29 is 9.59 Å². The van der Waals surface area contributed by atoms with E-state index >= 15 is 0 Å². The van der Waals surface area contributed by atoms with Gasteiger partial charge < -0.3 is 4.90 Å². The highest BCUT2D eigenvalue weighted by molar-refractivity contribution is 5.97. The molecule has 96 valence electrons. The van der Waals surface area contributed by atoms with Crippen LogP contribution in [0.2, 0.25) is 0 Å². The Bertz CT molecular complexity index is 291. The third kappa shape index (κ3) is 3.83. The molecule has 0 aliphatic heterocycles. The summed E-state index contributed by atoms with van der Waals surface area (Å²) in [4.78, 5) is 25.1. The summed E-state index contributed by atoms with van der Waals surface area (Å²) in [5.41, 5.74) is 0. The van der Waals surface area contributed by atoms with Gasteiger partial charge in [0.1, 0.15) is 5.78 Å². The number of ketones is 1. The third-order valence-electron chi connectivity index (χ3n) is 3.89. The minimum Gasteiger partial charge on any atom is -0.339 e. The Hall–Kier alpha value is -0.860. The van der Waals surface area contributed by atoms with Crippen LogP contribution < -0.4 is 0 Å². The van der Waals surface area contributed by atoms with Crippen LogP contribution in [-0.2, 0) is 9.59 Å². The molecule has 0 unspecified atom stereocenters. The number of hydrogen-bond acceptors (Lipinski definition) is 2. The maximum atomic E-state index is 12.0. The topological polar surface area (TPSA) is 37.4 Å². The number of nitrogens with zero attached hydrogens (tertiary/aromatic N) is 1. The van der Waals surface area contributed by atoms with E-state index in [0.717, 1.165) is 19.4 Å². The lowest BCUT2D eigenvalue weighted by Gasteiger charge is -2.29. The monoisotopic (exact) mass is 237 g/mol. The second-order valence-corrected chi connectivity index (χ2v) is 5.66. The summed E-state index contributed by atoms with van der Waals surface area (Å²) in [6.07, 6.45) is 8.86. The molecule has 2 fully saturated rings. The van der Waals surface area contributed by atoms with Gasteiger partial charge >= 0.3 is 0 Å². The first-order valence-corrected chi connectivity index (χ1v) is 6.95. The van der Waals surface area contributed by atoms with Crippen LogP contribution in [0, 0.1) is 5.92 Å². The molecule has 0 aromatic rings. The van der Waals surface area contributed by atoms with E-state index < -0.39 is 0 Å². The quantitative estimate of drug-likeness (QED) is 0.689. The van der Waals surface area contributed by atoms with Gasteiger partial charge in [0, 0.05) is 12.6 Å². The van der Waals surface area contributed by atoms with Gasteiger partial charge in [0.2, 0.25) is 5.91 Å². The largest absolute Gasteiger partial charge is 0.339 e. The van der Waals surface area contributed by atoms with Crippen molar-refractivity contribution in [2.45, 2.75) is 64.3 Å². The molecule has 0 spiro atoms. The maximum absolute atomic E-state index is 12.0. The van der Waals surface area contributed by atoms with Crippen LogP contribution in [0.1, 0.15) is 58.3 Å². The molecule has 0 bridgehead atoms. The Balaban J connectivity index is 1.87. The predicted molar refractivity (Wildman–Crippen MR) is 66.6 cm³/mol. The molecule has 2 aliphatic carbocycles.